The Balaban J connectivity index is 2.58. The van der Waals surface area contributed by atoms with Crippen LogP contribution >= 0.6 is 11.6 Å². The highest BCUT2D eigenvalue weighted by Gasteiger charge is 2.23. The molecule has 2 aromatic rings. The van der Waals surface area contributed by atoms with Crippen LogP contribution in [0.3, 0.4) is 0 Å². The van der Waals surface area contributed by atoms with Crippen LogP contribution in [0.25, 0.3) is 0 Å². The number of hydrogen-bond donors (Lipinski definition) is 3. The Bertz CT molecular complexity index is 1010. The maximum atomic E-state index is 12.2. The molecule has 0 heterocycles. The molecular weight excluding hydrogens is 378 g/mol. The molecule has 0 saturated heterocycles. The molecule has 11 heteroatoms. The van der Waals surface area contributed by atoms with Gasteiger partial charge in [0, 0.05) is 5.56 Å². The largest absolute Gasteiger partial charge is 0.321 e. The Morgan fingerprint density at radius 2 is 1.46 bits per heavy atom. The first-order chi connectivity index (χ1) is 11.0. The van der Waals surface area contributed by atoms with Crippen LogP contribution in [0.4, 0.5) is 5.69 Å². The second-order valence-electron chi connectivity index (χ2n) is 4.69. The van der Waals surface area contributed by atoms with Crippen LogP contribution in [-0.2, 0) is 20.0 Å². The number of nitrogens with one attached hydrogen (secondary N) is 1. The van der Waals surface area contributed by atoms with Gasteiger partial charge in [-0.05, 0) is 24.3 Å². The number of primary sulfonamides is 2. The standard InChI is InChI=1S/C13H12ClN3O5S2/c14-9-6-10(17-13(18)8-4-2-1-3-5-8)12(24(16,21)22)7-11(9)23(15,19)20/h1-7H,(H,17,18)(H2,15,19,20)(H2,16,21,22). The third-order valence-electron chi connectivity index (χ3n) is 2.93. The van der Waals surface area contributed by atoms with Crippen LogP contribution in [0.2, 0.25) is 5.02 Å². The number of amides is 1. The summed E-state index contributed by atoms with van der Waals surface area (Å²) in [5.41, 5.74) is -0.00623. The molecule has 0 aliphatic heterocycles. The average molecular weight is 390 g/mol. The van der Waals surface area contributed by atoms with Crippen LogP contribution in [0.5, 0.6) is 0 Å². The molecule has 8 nitrogen and oxygen atoms in total. The topological polar surface area (TPSA) is 149 Å². The van der Waals surface area contributed by atoms with Crippen molar-refractivity contribution in [2.24, 2.45) is 10.3 Å². The van der Waals surface area contributed by atoms with Gasteiger partial charge in [-0.3, -0.25) is 4.79 Å². The molecule has 1 amide bonds. The van der Waals surface area contributed by atoms with Crippen molar-refractivity contribution in [3.63, 3.8) is 0 Å². The maximum absolute atomic E-state index is 12.2. The van der Waals surface area contributed by atoms with E-state index in [4.69, 9.17) is 21.9 Å². The van der Waals surface area contributed by atoms with E-state index in [-0.39, 0.29) is 16.3 Å². The van der Waals surface area contributed by atoms with Crippen LogP contribution in [0, 0.1) is 0 Å². The number of carbonyl (C=O) groups is 1. The van der Waals surface area contributed by atoms with Gasteiger partial charge in [0.25, 0.3) is 5.91 Å². The Kier molecular flexibility index (Phi) is 4.97. The van der Waals surface area contributed by atoms with Gasteiger partial charge in [0.15, 0.2) is 0 Å². The van der Waals surface area contributed by atoms with E-state index in [1.807, 2.05) is 0 Å². The molecule has 0 saturated carbocycles. The van der Waals surface area contributed by atoms with E-state index in [1.54, 1.807) is 18.2 Å². The molecular formula is C13H12ClN3O5S2. The first-order valence-electron chi connectivity index (χ1n) is 6.25. The summed E-state index contributed by atoms with van der Waals surface area (Å²) < 4.78 is 46.3. The molecule has 0 aromatic heterocycles. The molecule has 0 aliphatic rings. The van der Waals surface area contributed by atoms with Crippen molar-refractivity contribution in [2.45, 2.75) is 9.79 Å². The van der Waals surface area contributed by atoms with Crippen molar-refractivity contribution in [3.05, 3.63) is 53.1 Å². The number of benzene rings is 2. The molecule has 5 N–H and O–H groups in total. The zero-order valence-corrected chi connectivity index (χ0v) is 14.3. The van der Waals surface area contributed by atoms with Gasteiger partial charge in [0.2, 0.25) is 20.0 Å². The fourth-order valence-corrected chi connectivity index (χ4v) is 3.74. The molecule has 24 heavy (non-hydrogen) atoms. The van der Waals surface area contributed by atoms with E-state index in [1.165, 1.54) is 12.1 Å². The second-order valence-corrected chi connectivity index (χ2v) is 8.16. The van der Waals surface area contributed by atoms with Gasteiger partial charge in [-0.25, -0.2) is 27.1 Å². The predicted octanol–water partition coefficient (Wildman–Crippen LogP) is 0.887. The number of halogens is 1. The minimum absolute atomic E-state index is 0.254. The molecule has 0 radical (unpaired) electrons. The van der Waals surface area contributed by atoms with Crippen molar-refractivity contribution in [2.75, 3.05) is 5.32 Å². The first kappa shape index (κ1) is 18.4. The third-order valence-corrected chi connectivity index (χ3v) is 5.26. The molecule has 2 aromatic carbocycles. The van der Waals surface area contributed by atoms with E-state index in [0.717, 1.165) is 6.07 Å². The molecule has 2 rings (SSSR count). The van der Waals surface area contributed by atoms with Gasteiger partial charge in [-0.2, -0.15) is 0 Å². The van der Waals surface area contributed by atoms with Crippen LogP contribution < -0.4 is 15.6 Å². The number of sulfonamides is 2. The molecule has 0 atom stereocenters. The third kappa shape index (κ3) is 4.10. The van der Waals surface area contributed by atoms with E-state index in [9.17, 15) is 21.6 Å². The van der Waals surface area contributed by atoms with Crippen molar-refractivity contribution >= 4 is 43.2 Å². The highest BCUT2D eigenvalue weighted by molar-refractivity contribution is 7.90. The Labute approximate surface area is 143 Å². The molecule has 0 bridgehead atoms. The van der Waals surface area contributed by atoms with Gasteiger partial charge in [0.05, 0.1) is 10.7 Å². The quantitative estimate of drug-likeness (QED) is 0.709. The van der Waals surface area contributed by atoms with Crippen LogP contribution in [0.1, 0.15) is 10.4 Å². The lowest BCUT2D eigenvalue weighted by Crippen LogP contribution is -2.20. The van der Waals surface area contributed by atoms with Crippen LogP contribution in [0.15, 0.2) is 52.3 Å². The lowest BCUT2D eigenvalue weighted by Gasteiger charge is -2.12. The Morgan fingerprint density at radius 1 is 0.917 bits per heavy atom. The van der Waals surface area contributed by atoms with Gasteiger partial charge in [-0.1, -0.05) is 29.8 Å². The summed E-state index contributed by atoms with van der Waals surface area (Å²) in [5, 5.41) is 12.0. The number of rotatable bonds is 4. The SMILES string of the molecule is NS(=O)(=O)c1cc(S(N)(=O)=O)c(NC(=O)c2ccccc2)cc1Cl. The molecule has 128 valence electrons. The summed E-state index contributed by atoms with van der Waals surface area (Å²) >= 11 is 5.82. The predicted molar refractivity (Wildman–Crippen MR) is 88.6 cm³/mol. The number of anilines is 1. The van der Waals surface area contributed by atoms with E-state index < -0.39 is 35.7 Å². The van der Waals surface area contributed by atoms with Crippen LogP contribution in [-0.4, -0.2) is 22.7 Å². The summed E-state index contributed by atoms with van der Waals surface area (Å²) in [6.07, 6.45) is 0. The highest BCUT2D eigenvalue weighted by Crippen LogP contribution is 2.30. The fourth-order valence-electron chi connectivity index (χ4n) is 1.87. The minimum atomic E-state index is -4.35. The first-order valence-corrected chi connectivity index (χ1v) is 9.73. The Hall–Kier alpha value is -1.98. The maximum Gasteiger partial charge on any atom is 0.255 e. The average Bonchev–Trinajstić information content (AvgIpc) is 2.45. The lowest BCUT2D eigenvalue weighted by atomic mass is 10.2. The highest BCUT2D eigenvalue weighted by atomic mass is 35.5. The summed E-state index contributed by atoms with van der Waals surface area (Å²) in [5.74, 6) is -0.625. The zero-order valence-electron chi connectivity index (χ0n) is 11.9. The molecule has 0 fully saturated rings. The number of carbonyl (C=O) groups excluding carboxylic acids is 1. The monoisotopic (exact) mass is 389 g/mol. The smallest absolute Gasteiger partial charge is 0.255 e. The normalized spacial score (nSPS) is 12.0. The molecule has 0 spiro atoms. The van der Waals surface area contributed by atoms with E-state index in [2.05, 4.69) is 5.32 Å². The number of nitrogens with two attached hydrogens (primary N) is 2. The van der Waals surface area contributed by atoms with Gasteiger partial charge in [0.1, 0.15) is 9.79 Å². The van der Waals surface area contributed by atoms with Gasteiger partial charge < -0.3 is 5.32 Å². The van der Waals surface area contributed by atoms with Crippen molar-refractivity contribution in [1.82, 2.24) is 0 Å². The van der Waals surface area contributed by atoms with Gasteiger partial charge in [-0.15, -0.1) is 0 Å². The molecule has 0 aliphatic carbocycles. The number of hydrogen-bond acceptors (Lipinski definition) is 5. The van der Waals surface area contributed by atoms with Crippen molar-refractivity contribution < 1.29 is 21.6 Å². The fraction of sp³-hybridized carbons (Fsp3) is 0. The molecule has 0 unspecified atom stereocenters. The summed E-state index contributed by atoms with van der Waals surface area (Å²) in [4.78, 5) is 10.9. The summed E-state index contributed by atoms with van der Waals surface area (Å²) in [6, 6.07) is 9.61. The second kappa shape index (κ2) is 6.49. The minimum Gasteiger partial charge on any atom is -0.321 e. The van der Waals surface area contributed by atoms with E-state index >= 15 is 0 Å². The van der Waals surface area contributed by atoms with Crippen molar-refractivity contribution in [1.29, 1.82) is 0 Å². The summed E-state index contributed by atoms with van der Waals surface area (Å²) in [6.45, 7) is 0. The van der Waals surface area contributed by atoms with Gasteiger partial charge >= 0.3 is 0 Å². The lowest BCUT2D eigenvalue weighted by molar-refractivity contribution is 0.102. The summed E-state index contributed by atoms with van der Waals surface area (Å²) in [7, 11) is -8.63. The van der Waals surface area contributed by atoms with E-state index in [0.29, 0.717) is 6.07 Å². The van der Waals surface area contributed by atoms with Crippen molar-refractivity contribution in [3.8, 4) is 0 Å². The zero-order chi connectivity index (χ0) is 18.1. The Morgan fingerprint density at radius 3 is 1.96 bits per heavy atom.